The Balaban J connectivity index is 2.74. The molecule has 4 nitrogen and oxygen atoms in total. The maximum atomic E-state index is 12.1. The Morgan fingerprint density at radius 1 is 1.27 bits per heavy atom. The van der Waals surface area contributed by atoms with Crippen molar-refractivity contribution in [2.45, 2.75) is 53.9 Å². The fraction of sp³-hybridized carbons (Fsp3) is 0.455. The molecule has 1 aliphatic heterocycles. The minimum Gasteiger partial charge on any atom is -0.478 e. The minimum atomic E-state index is -0.977. The van der Waals surface area contributed by atoms with Crippen LogP contribution >= 0.6 is 0 Å². The molecule has 0 spiro atoms. The maximum absolute atomic E-state index is 12.1. The molecule has 4 heteroatoms. The molecule has 0 aromatic heterocycles. The lowest BCUT2D eigenvalue weighted by molar-refractivity contribution is -0.133. The molecule has 0 aliphatic carbocycles. The standard InChI is InChI=1S/C22H28N2O2/c1-13(2)20-19(21(25)26)18(15-9-7-14(3)8-10-15)16(12-23)17(24-20)11-22(4,5)6/h7-10,13,18,24H,11H2,1-6H3,(H,25,26). The zero-order valence-corrected chi connectivity index (χ0v) is 16.5. The molecular formula is C22H28N2O2. The Morgan fingerprint density at radius 3 is 2.27 bits per heavy atom. The number of hydrogen-bond donors (Lipinski definition) is 2. The highest BCUT2D eigenvalue weighted by Gasteiger charge is 2.37. The summed E-state index contributed by atoms with van der Waals surface area (Å²) in [5.41, 5.74) is 4.23. The molecule has 1 heterocycles. The van der Waals surface area contributed by atoms with E-state index in [2.05, 4.69) is 32.2 Å². The number of nitrogens with zero attached hydrogens (tertiary/aromatic N) is 1. The molecule has 0 radical (unpaired) electrons. The van der Waals surface area contributed by atoms with Gasteiger partial charge < -0.3 is 10.4 Å². The van der Waals surface area contributed by atoms with E-state index in [4.69, 9.17) is 0 Å². The summed E-state index contributed by atoms with van der Waals surface area (Å²) >= 11 is 0. The van der Waals surface area contributed by atoms with Crippen molar-refractivity contribution in [3.8, 4) is 6.07 Å². The van der Waals surface area contributed by atoms with Gasteiger partial charge in [0.15, 0.2) is 0 Å². The molecule has 2 rings (SSSR count). The minimum absolute atomic E-state index is 0.0178. The number of nitrogens with one attached hydrogen (secondary N) is 1. The molecule has 1 aromatic rings. The second kappa shape index (κ2) is 7.37. The molecule has 0 fully saturated rings. The van der Waals surface area contributed by atoms with Crippen molar-refractivity contribution in [3.63, 3.8) is 0 Å². The average Bonchev–Trinajstić information content (AvgIpc) is 2.52. The summed E-state index contributed by atoms with van der Waals surface area (Å²) in [6, 6.07) is 10.1. The number of benzene rings is 1. The summed E-state index contributed by atoms with van der Waals surface area (Å²) in [4.78, 5) is 12.1. The van der Waals surface area contributed by atoms with E-state index in [1.54, 1.807) is 0 Å². The van der Waals surface area contributed by atoms with Crippen LogP contribution in [0.5, 0.6) is 0 Å². The number of dihydropyridines is 1. The average molecular weight is 352 g/mol. The van der Waals surface area contributed by atoms with Crippen molar-refractivity contribution < 1.29 is 9.90 Å². The van der Waals surface area contributed by atoms with Gasteiger partial charge in [-0.1, -0.05) is 64.4 Å². The van der Waals surface area contributed by atoms with Crippen LogP contribution in [0, 0.1) is 29.6 Å². The van der Waals surface area contributed by atoms with Gasteiger partial charge in [-0.25, -0.2) is 4.79 Å². The predicted molar refractivity (Wildman–Crippen MR) is 103 cm³/mol. The second-order valence-electron chi connectivity index (χ2n) is 8.50. The third-order valence-corrected chi connectivity index (χ3v) is 4.52. The molecule has 1 atom stereocenters. The second-order valence-corrected chi connectivity index (χ2v) is 8.50. The van der Waals surface area contributed by atoms with E-state index in [9.17, 15) is 15.2 Å². The SMILES string of the molecule is Cc1ccc(C2C(C#N)=C(CC(C)(C)C)NC(C(C)C)=C2C(=O)O)cc1. The van der Waals surface area contributed by atoms with E-state index in [-0.39, 0.29) is 16.9 Å². The number of allylic oxidation sites excluding steroid dienone is 3. The van der Waals surface area contributed by atoms with Gasteiger partial charge >= 0.3 is 5.97 Å². The fourth-order valence-corrected chi connectivity index (χ4v) is 3.36. The Labute approximate surface area is 156 Å². The van der Waals surface area contributed by atoms with Crippen LogP contribution < -0.4 is 5.32 Å². The van der Waals surface area contributed by atoms with Crippen molar-refractivity contribution >= 4 is 5.97 Å². The Morgan fingerprint density at radius 2 is 1.85 bits per heavy atom. The number of carboxylic acid groups (broad SMARTS) is 1. The number of aliphatic carboxylic acids is 1. The third kappa shape index (κ3) is 4.16. The van der Waals surface area contributed by atoms with Crippen LogP contribution in [0.4, 0.5) is 0 Å². The summed E-state index contributed by atoms with van der Waals surface area (Å²) in [6.07, 6.45) is 0.682. The number of hydrogen-bond acceptors (Lipinski definition) is 3. The van der Waals surface area contributed by atoms with Gasteiger partial charge in [0.05, 0.1) is 23.1 Å². The van der Waals surface area contributed by atoms with Crippen molar-refractivity contribution in [1.82, 2.24) is 5.32 Å². The largest absolute Gasteiger partial charge is 0.478 e. The summed E-state index contributed by atoms with van der Waals surface area (Å²) in [7, 11) is 0. The zero-order valence-electron chi connectivity index (χ0n) is 16.5. The molecular weight excluding hydrogens is 324 g/mol. The predicted octanol–water partition coefficient (Wildman–Crippen LogP) is 4.89. The summed E-state index contributed by atoms with van der Waals surface area (Å²) < 4.78 is 0. The van der Waals surface area contributed by atoms with Crippen LogP contribution in [0.2, 0.25) is 0 Å². The van der Waals surface area contributed by atoms with Crippen molar-refractivity contribution in [2.75, 3.05) is 0 Å². The highest BCUT2D eigenvalue weighted by atomic mass is 16.4. The topological polar surface area (TPSA) is 73.1 Å². The zero-order chi connectivity index (χ0) is 19.6. The van der Waals surface area contributed by atoms with E-state index in [0.717, 1.165) is 16.8 Å². The van der Waals surface area contributed by atoms with Gasteiger partial charge in [0, 0.05) is 11.4 Å². The van der Waals surface area contributed by atoms with Crippen LogP contribution in [0.25, 0.3) is 0 Å². The number of carboxylic acids is 1. The summed E-state index contributed by atoms with van der Waals surface area (Å²) in [5, 5.41) is 23.2. The molecule has 1 aliphatic rings. The van der Waals surface area contributed by atoms with Crippen LogP contribution in [0.3, 0.4) is 0 Å². The van der Waals surface area contributed by atoms with Gasteiger partial charge in [0.2, 0.25) is 0 Å². The van der Waals surface area contributed by atoms with Gasteiger partial charge in [0.25, 0.3) is 0 Å². The molecule has 0 saturated carbocycles. The van der Waals surface area contributed by atoms with Gasteiger partial charge in [0.1, 0.15) is 0 Å². The van der Waals surface area contributed by atoms with Crippen molar-refractivity contribution in [2.24, 2.45) is 11.3 Å². The van der Waals surface area contributed by atoms with Crippen molar-refractivity contribution in [1.29, 1.82) is 5.26 Å². The van der Waals surface area contributed by atoms with Crippen molar-refractivity contribution in [3.05, 3.63) is 57.9 Å². The first-order valence-corrected chi connectivity index (χ1v) is 8.99. The number of carbonyl (C=O) groups is 1. The quantitative estimate of drug-likeness (QED) is 0.809. The first kappa shape index (κ1) is 19.8. The highest BCUT2D eigenvalue weighted by molar-refractivity contribution is 5.91. The summed E-state index contributed by atoms with van der Waals surface area (Å²) in [6.45, 7) is 12.3. The maximum Gasteiger partial charge on any atom is 0.334 e. The van der Waals surface area contributed by atoms with E-state index >= 15 is 0 Å². The molecule has 26 heavy (non-hydrogen) atoms. The lowest BCUT2D eigenvalue weighted by atomic mass is 9.76. The Kier molecular flexibility index (Phi) is 5.61. The normalized spacial score (nSPS) is 18.0. The van der Waals surface area contributed by atoms with E-state index in [0.29, 0.717) is 17.7 Å². The lowest BCUT2D eigenvalue weighted by Gasteiger charge is -2.34. The molecule has 138 valence electrons. The molecule has 0 saturated heterocycles. The smallest absolute Gasteiger partial charge is 0.334 e. The van der Waals surface area contributed by atoms with E-state index in [1.165, 1.54) is 0 Å². The molecule has 2 N–H and O–H groups in total. The van der Waals surface area contributed by atoms with Gasteiger partial charge in [-0.2, -0.15) is 5.26 Å². The molecule has 1 unspecified atom stereocenters. The fourth-order valence-electron chi connectivity index (χ4n) is 3.36. The highest BCUT2D eigenvalue weighted by Crippen LogP contribution is 2.42. The monoisotopic (exact) mass is 352 g/mol. The summed E-state index contributed by atoms with van der Waals surface area (Å²) in [5.74, 6) is -1.51. The first-order valence-electron chi connectivity index (χ1n) is 8.99. The van der Waals surface area contributed by atoms with Gasteiger partial charge in [-0.15, -0.1) is 0 Å². The molecule has 0 bridgehead atoms. The molecule has 0 amide bonds. The van der Waals surface area contributed by atoms with Crippen LogP contribution in [-0.2, 0) is 4.79 Å². The van der Waals surface area contributed by atoms with Gasteiger partial charge in [-0.3, -0.25) is 0 Å². The Bertz CT molecular complexity index is 800. The number of aryl methyl sites for hydroxylation is 1. The van der Waals surface area contributed by atoms with E-state index < -0.39 is 11.9 Å². The number of rotatable bonds is 4. The third-order valence-electron chi connectivity index (χ3n) is 4.52. The van der Waals surface area contributed by atoms with Crippen LogP contribution in [0.1, 0.15) is 58.1 Å². The first-order chi connectivity index (χ1) is 12.0. The van der Waals surface area contributed by atoms with E-state index in [1.807, 2.05) is 45.0 Å². The Hall–Kier alpha value is -2.54. The lowest BCUT2D eigenvalue weighted by Crippen LogP contribution is -2.33. The van der Waals surface area contributed by atoms with Crippen LogP contribution in [0.15, 0.2) is 46.8 Å². The van der Waals surface area contributed by atoms with Gasteiger partial charge in [-0.05, 0) is 30.2 Å². The molecule has 1 aromatic carbocycles. The number of nitriles is 1. The van der Waals surface area contributed by atoms with Crippen LogP contribution in [-0.4, -0.2) is 11.1 Å².